The minimum atomic E-state index is -0.934. The van der Waals surface area contributed by atoms with Gasteiger partial charge in [0.1, 0.15) is 0 Å². The number of amides is 2. The lowest BCUT2D eigenvalue weighted by atomic mass is 10.2. The Morgan fingerprint density at radius 2 is 2.15 bits per heavy atom. The second-order valence-corrected chi connectivity index (χ2v) is 5.30. The highest BCUT2D eigenvalue weighted by Gasteiger charge is 2.24. The van der Waals surface area contributed by atoms with Gasteiger partial charge in [0.25, 0.3) is 0 Å². The van der Waals surface area contributed by atoms with E-state index < -0.39 is 12.1 Å². The second kappa shape index (κ2) is 8.06. The highest BCUT2D eigenvalue weighted by molar-refractivity contribution is 5.74. The molecule has 20 heavy (non-hydrogen) atoms. The number of carbonyl (C=O) groups is 2. The van der Waals surface area contributed by atoms with Crippen LogP contribution in [0.5, 0.6) is 0 Å². The second-order valence-electron chi connectivity index (χ2n) is 5.30. The fourth-order valence-corrected chi connectivity index (χ4v) is 2.41. The average molecular weight is 287 g/mol. The molecule has 0 aliphatic carbocycles. The summed E-state index contributed by atoms with van der Waals surface area (Å²) in [5.41, 5.74) is 0. The molecule has 2 amide bonds. The number of rotatable bonds is 5. The van der Waals surface area contributed by atoms with Gasteiger partial charge in [0.15, 0.2) is 0 Å². The molecule has 1 rings (SSSR count). The Hall–Kier alpha value is -1.34. The monoisotopic (exact) mass is 287 g/mol. The third-order valence-corrected chi connectivity index (χ3v) is 3.52. The molecule has 0 bridgehead atoms. The maximum Gasteiger partial charge on any atom is 0.317 e. The molecular formula is C13H25N3O4. The molecule has 2 N–H and O–H groups in total. The molecule has 1 fully saturated rings. The molecule has 1 aliphatic heterocycles. The summed E-state index contributed by atoms with van der Waals surface area (Å²) in [6.45, 7) is 4.77. The first kappa shape index (κ1) is 16.7. The van der Waals surface area contributed by atoms with Crippen molar-refractivity contribution in [2.75, 3.05) is 40.3 Å². The summed E-state index contributed by atoms with van der Waals surface area (Å²) in [6.07, 6.45) is 0.327. The van der Waals surface area contributed by atoms with Crippen LogP contribution < -0.4 is 5.32 Å². The molecule has 0 spiro atoms. The van der Waals surface area contributed by atoms with E-state index in [0.717, 1.165) is 19.5 Å². The number of carbonyl (C=O) groups excluding carboxylic acids is 1. The van der Waals surface area contributed by atoms with Crippen molar-refractivity contribution >= 4 is 12.0 Å². The highest BCUT2D eigenvalue weighted by Crippen LogP contribution is 2.08. The number of ether oxygens (including phenoxy) is 1. The molecule has 1 saturated heterocycles. The van der Waals surface area contributed by atoms with Crippen LogP contribution >= 0.6 is 0 Å². The minimum Gasteiger partial charge on any atom is -0.481 e. The van der Waals surface area contributed by atoms with Gasteiger partial charge < -0.3 is 25.0 Å². The van der Waals surface area contributed by atoms with E-state index in [1.165, 1.54) is 7.11 Å². The number of likely N-dealkylation sites (N-methyl/N-ethyl adjacent to an activating group) is 1. The zero-order valence-electron chi connectivity index (χ0n) is 12.5. The Morgan fingerprint density at radius 3 is 2.75 bits per heavy atom. The lowest BCUT2D eigenvalue weighted by Gasteiger charge is -2.28. The molecule has 7 heteroatoms. The van der Waals surface area contributed by atoms with Crippen molar-refractivity contribution in [3.05, 3.63) is 0 Å². The zero-order chi connectivity index (χ0) is 15.1. The third-order valence-electron chi connectivity index (χ3n) is 3.52. The normalized spacial score (nSPS) is 22.1. The van der Waals surface area contributed by atoms with Gasteiger partial charge in [-0.3, -0.25) is 4.79 Å². The third kappa shape index (κ3) is 5.34. The lowest BCUT2D eigenvalue weighted by Crippen LogP contribution is -2.49. The Balaban J connectivity index is 2.46. The largest absolute Gasteiger partial charge is 0.481 e. The van der Waals surface area contributed by atoms with Crippen LogP contribution in [0.2, 0.25) is 0 Å². The van der Waals surface area contributed by atoms with Gasteiger partial charge >= 0.3 is 12.0 Å². The van der Waals surface area contributed by atoms with Gasteiger partial charge in [-0.15, -0.1) is 0 Å². The van der Waals surface area contributed by atoms with Crippen LogP contribution in [0, 0.1) is 0 Å². The maximum atomic E-state index is 12.2. The summed E-state index contributed by atoms with van der Waals surface area (Å²) in [7, 11) is 3.50. The van der Waals surface area contributed by atoms with E-state index in [9.17, 15) is 9.59 Å². The van der Waals surface area contributed by atoms with Gasteiger partial charge in [0.05, 0.1) is 12.5 Å². The fourth-order valence-electron chi connectivity index (χ4n) is 2.41. The van der Waals surface area contributed by atoms with Crippen LogP contribution in [0.15, 0.2) is 0 Å². The molecule has 0 radical (unpaired) electrons. The van der Waals surface area contributed by atoms with Crippen LogP contribution in [0.1, 0.15) is 19.8 Å². The number of nitrogens with one attached hydrogen (secondary N) is 1. The van der Waals surface area contributed by atoms with E-state index in [4.69, 9.17) is 9.84 Å². The number of aliphatic carboxylic acids is 1. The summed E-state index contributed by atoms with van der Waals surface area (Å²) in [5.74, 6) is -0.934. The summed E-state index contributed by atoms with van der Waals surface area (Å²) < 4.78 is 5.05. The molecule has 0 aromatic rings. The molecule has 1 aliphatic rings. The number of hydrogen-bond acceptors (Lipinski definition) is 4. The highest BCUT2D eigenvalue weighted by atomic mass is 16.5. The smallest absolute Gasteiger partial charge is 0.317 e. The first-order valence-electron chi connectivity index (χ1n) is 6.91. The number of methoxy groups -OCH3 is 1. The fraction of sp³-hybridized carbons (Fsp3) is 0.846. The predicted octanol–water partition coefficient (Wildman–Crippen LogP) is 0.212. The van der Waals surface area contributed by atoms with E-state index in [1.807, 2.05) is 14.0 Å². The van der Waals surface area contributed by atoms with Gasteiger partial charge in [0.2, 0.25) is 0 Å². The van der Waals surface area contributed by atoms with Crippen molar-refractivity contribution in [1.29, 1.82) is 0 Å². The van der Waals surface area contributed by atoms with Crippen molar-refractivity contribution in [2.24, 2.45) is 0 Å². The van der Waals surface area contributed by atoms with Gasteiger partial charge in [-0.2, -0.15) is 0 Å². The van der Waals surface area contributed by atoms with Crippen molar-refractivity contribution in [3.63, 3.8) is 0 Å². The molecule has 0 aromatic carbocycles. The van der Waals surface area contributed by atoms with E-state index in [2.05, 4.69) is 10.2 Å². The van der Waals surface area contributed by atoms with Crippen LogP contribution in [-0.4, -0.2) is 79.4 Å². The van der Waals surface area contributed by atoms with Crippen molar-refractivity contribution in [1.82, 2.24) is 15.1 Å². The molecule has 116 valence electrons. The Labute approximate surface area is 119 Å². The van der Waals surface area contributed by atoms with Crippen molar-refractivity contribution in [2.45, 2.75) is 31.9 Å². The number of carboxylic acid groups (broad SMARTS) is 1. The molecule has 7 nitrogen and oxygen atoms in total. The first-order chi connectivity index (χ1) is 9.43. The molecule has 0 aromatic heterocycles. The Morgan fingerprint density at radius 1 is 1.45 bits per heavy atom. The van der Waals surface area contributed by atoms with E-state index in [1.54, 1.807) is 4.90 Å². The van der Waals surface area contributed by atoms with Gasteiger partial charge in [-0.1, -0.05) is 0 Å². The average Bonchev–Trinajstić information content (AvgIpc) is 2.54. The SMILES string of the molecule is COC(CNC(=O)N1CCCN(C)CC1C)CC(=O)O. The van der Waals surface area contributed by atoms with Crippen LogP contribution in [0.4, 0.5) is 4.79 Å². The molecule has 2 unspecified atom stereocenters. The summed E-state index contributed by atoms with van der Waals surface area (Å²) >= 11 is 0. The topological polar surface area (TPSA) is 82.1 Å². The molecule has 0 saturated carbocycles. The summed E-state index contributed by atoms with van der Waals surface area (Å²) in [6, 6.07) is -0.0109. The molecule has 1 heterocycles. The quantitative estimate of drug-likeness (QED) is 0.755. The summed E-state index contributed by atoms with van der Waals surface area (Å²) in [4.78, 5) is 26.8. The van der Waals surface area contributed by atoms with Crippen LogP contribution in [0.3, 0.4) is 0 Å². The van der Waals surface area contributed by atoms with Crippen LogP contribution in [-0.2, 0) is 9.53 Å². The number of nitrogens with zero attached hydrogens (tertiary/aromatic N) is 2. The van der Waals surface area contributed by atoms with Crippen molar-refractivity contribution in [3.8, 4) is 0 Å². The molecular weight excluding hydrogens is 262 g/mol. The standard InChI is InChI=1S/C13H25N3O4/c1-10-9-15(2)5-4-6-16(10)13(19)14-8-11(20-3)7-12(17)18/h10-11H,4-9H2,1-3H3,(H,14,19)(H,17,18). The predicted molar refractivity (Wildman–Crippen MR) is 74.7 cm³/mol. The van der Waals surface area contributed by atoms with Crippen molar-refractivity contribution < 1.29 is 19.4 Å². The summed E-state index contributed by atoms with van der Waals surface area (Å²) in [5, 5.41) is 11.5. The molecule has 2 atom stereocenters. The van der Waals surface area contributed by atoms with Gasteiger partial charge in [-0.25, -0.2) is 4.79 Å². The van der Waals surface area contributed by atoms with Crippen LogP contribution in [0.25, 0.3) is 0 Å². The number of carboxylic acids is 1. The lowest BCUT2D eigenvalue weighted by molar-refractivity contribution is -0.139. The Bertz CT molecular complexity index is 338. The van der Waals surface area contributed by atoms with E-state index in [-0.39, 0.29) is 25.0 Å². The van der Waals surface area contributed by atoms with Gasteiger partial charge in [-0.05, 0) is 26.9 Å². The Kier molecular flexibility index (Phi) is 6.74. The number of urea groups is 1. The van der Waals surface area contributed by atoms with E-state index in [0.29, 0.717) is 6.54 Å². The maximum absolute atomic E-state index is 12.2. The minimum absolute atomic E-state index is 0.116. The van der Waals surface area contributed by atoms with E-state index >= 15 is 0 Å². The number of hydrogen-bond donors (Lipinski definition) is 2. The first-order valence-corrected chi connectivity index (χ1v) is 6.91. The zero-order valence-corrected chi connectivity index (χ0v) is 12.5. The van der Waals surface area contributed by atoms with Gasteiger partial charge in [0, 0.05) is 32.8 Å².